The summed E-state index contributed by atoms with van der Waals surface area (Å²) >= 11 is 0. The lowest BCUT2D eigenvalue weighted by molar-refractivity contribution is 0.188. The van der Waals surface area contributed by atoms with E-state index in [1.54, 1.807) is 0 Å². The van der Waals surface area contributed by atoms with Gasteiger partial charge < -0.3 is 5.32 Å². The van der Waals surface area contributed by atoms with Crippen LogP contribution in [0, 0.1) is 5.92 Å². The Labute approximate surface area is 105 Å². The Morgan fingerprint density at radius 2 is 2.06 bits per heavy atom. The lowest BCUT2D eigenvalue weighted by atomic mass is 10.0. The Kier molecular flexibility index (Phi) is 4.57. The lowest BCUT2D eigenvalue weighted by Gasteiger charge is -2.31. The van der Waals surface area contributed by atoms with Gasteiger partial charge in [-0.2, -0.15) is 0 Å². The highest BCUT2D eigenvalue weighted by Gasteiger charge is 2.22. The number of rotatable bonds is 3. The third-order valence-electron chi connectivity index (χ3n) is 3.36. The summed E-state index contributed by atoms with van der Waals surface area (Å²) in [5.74, 6) is 0.735. The van der Waals surface area contributed by atoms with E-state index in [0.29, 0.717) is 6.04 Å². The molecule has 1 aromatic rings. The van der Waals surface area contributed by atoms with Crippen molar-refractivity contribution in [2.75, 3.05) is 26.2 Å². The molecule has 1 heterocycles. The third kappa shape index (κ3) is 3.55. The van der Waals surface area contributed by atoms with Gasteiger partial charge in [-0.1, -0.05) is 44.2 Å². The average Bonchev–Trinajstić information content (AvgIpc) is 2.55. The fraction of sp³-hybridized carbons (Fsp3) is 0.600. The minimum Gasteiger partial charge on any atom is -0.315 e. The zero-order valence-corrected chi connectivity index (χ0v) is 11.0. The van der Waals surface area contributed by atoms with Gasteiger partial charge >= 0.3 is 0 Å². The molecule has 0 aliphatic carbocycles. The largest absolute Gasteiger partial charge is 0.315 e. The van der Waals surface area contributed by atoms with Crippen LogP contribution in [0.3, 0.4) is 0 Å². The summed E-state index contributed by atoms with van der Waals surface area (Å²) in [5, 5.41) is 3.56. The molecule has 0 spiro atoms. The normalized spacial score (nSPS) is 22.6. The number of hydrogen-bond acceptors (Lipinski definition) is 2. The Morgan fingerprint density at radius 3 is 2.76 bits per heavy atom. The van der Waals surface area contributed by atoms with Gasteiger partial charge in [0.1, 0.15) is 0 Å². The van der Waals surface area contributed by atoms with Gasteiger partial charge in [0.05, 0.1) is 0 Å². The SMILES string of the molecule is CC(C)CN1CCCNCC1c1ccccc1. The van der Waals surface area contributed by atoms with Crippen molar-refractivity contribution in [1.29, 1.82) is 0 Å². The zero-order valence-electron chi connectivity index (χ0n) is 11.0. The van der Waals surface area contributed by atoms with Crippen LogP contribution in [-0.2, 0) is 0 Å². The van der Waals surface area contributed by atoms with Crippen molar-refractivity contribution in [3.63, 3.8) is 0 Å². The molecule has 1 saturated heterocycles. The molecule has 2 nitrogen and oxygen atoms in total. The second-order valence-electron chi connectivity index (χ2n) is 5.37. The first-order valence-electron chi connectivity index (χ1n) is 6.77. The van der Waals surface area contributed by atoms with Crippen molar-refractivity contribution in [2.24, 2.45) is 5.92 Å². The van der Waals surface area contributed by atoms with E-state index < -0.39 is 0 Å². The topological polar surface area (TPSA) is 15.3 Å². The van der Waals surface area contributed by atoms with Crippen molar-refractivity contribution >= 4 is 0 Å². The van der Waals surface area contributed by atoms with E-state index in [-0.39, 0.29) is 0 Å². The molecular formula is C15H24N2. The molecule has 1 fully saturated rings. The molecule has 0 amide bonds. The fourth-order valence-electron chi connectivity index (χ4n) is 2.62. The summed E-state index contributed by atoms with van der Waals surface area (Å²) in [6, 6.07) is 11.4. The van der Waals surface area contributed by atoms with Gasteiger partial charge in [0, 0.05) is 25.7 Å². The van der Waals surface area contributed by atoms with Crippen LogP contribution < -0.4 is 5.32 Å². The van der Waals surface area contributed by atoms with Crippen LogP contribution >= 0.6 is 0 Å². The standard InChI is InChI=1S/C15H24N2/c1-13(2)12-17-10-6-9-16-11-15(17)14-7-4-3-5-8-14/h3-5,7-8,13,15-16H,6,9-12H2,1-2H3. The molecule has 2 heteroatoms. The molecule has 1 aliphatic rings. The van der Waals surface area contributed by atoms with Crippen LogP contribution in [0.1, 0.15) is 31.9 Å². The monoisotopic (exact) mass is 232 g/mol. The van der Waals surface area contributed by atoms with Crippen molar-refractivity contribution in [3.8, 4) is 0 Å². The predicted molar refractivity (Wildman–Crippen MR) is 73.1 cm³/mol. The summed E-state index contributed by atoms with van der Waals surface area (Å²) in [6.45, 7) is 9.25. The summed E-state index contributed by atoms with van der Waals surface area (Å²) < 4.78 is 0. The highest BCUT2D eigenvalue weighted by molar-refractivity contribution is 5.19. The molecule has 0 saturated carbocycles. The molecule has 1 N–H and O–H groups in total. The summed E-state index contributed by atoms with van der Waals surface area (Å²) in [5.41, 5.74) is 1.45. The Hall–Kier alpha value is -0.860. The van der Waals surface area contributed by atoms with Crippen LogP contribution in [-0.4, -0.2) is 31.1 Å². The highest BCUT2D eigenvalue weighted by atomic mass is 15.2. The van der Waals surface area contributed by atoms with Crippen LogP contribution in [0.4, 0.5) is 0 Å². The second-order valence-corrected chi connectivity index (χ2v) is 5.37. The zero-order chi connectivity index (χ0) is 12.1. The summed E-state index contributed by atoms with van der Waals surface area (Å²) in [7, 11) is 0. The minimum absolute atomic E-state index is 0.543. The van der Waals surface area contributed by atoms with Gasteiger partial charge in [-0.05, 0) is 24.4 Å². The first-order valence-corrected chi connectivity index (χ1v) is 6.77. The molecule has 2 rings (SSSR count). The van der Waals surface area contributed by atoms with E-state index in [2.05, 4.69) is 54.4 Å². The summed E-state index contributed by atoms with van der Waals surface area (Å²) in [6.07, 6.45) is 1.26. The van der Waals surface area contributed by atoms with Gasteiger partial charge in [-0.25, -0.2) is 0 Å². The van der Waals surface area contributed by atoms with Crippen molar-refractivity contribution in [3.05, 3.63) is 35.9 Å². The molecule has 1 aliphatic heterocycles. The van der Waals surface area contributed by atoms with Gasteiger partial charge in [0.15, 0.2) is 0 Å². The average molecular weight is 232 g/mol. The maximum Gasteiger partial charge on any atom is 0.0472 e. The molecule has 0 bridgehead atoms. The van der Waals surface area contributed by atoms with Gasteiger partial charge in [0.2, 0.25) is 0 Å². The Balaban J connectivity index is 2.14. The maximum absolute atomic E-state index is 3.56. The molecule has 0 aromatic heterocycles. The Bertz CT molecular complexity index is 321. The first-order chi connectivity index (χ1) is 8.27. The predicted octanol–water partition coefficient (Wildman–Crippen LogP) is 2.68. The molecule has 1 atom stereocenters. The molecule has 94 valence electrons. The van der Waals surface area contributed by atoms with E-state index in [1.165, 1.54) is 25.1 Å². The minimum atomic E-state index is 0.543. The quantitative estimate of drug-likeness (QED) is 0.862. The van der Waals surface area contributed by atoms with Crippen molar-refractivity contribution in [1.82, 2.24) is 10.2 Å². The summed E-state index contributed by atoms with van der Waals surface area (Å²) in [4.78, 5) is 2.64. The number of nitrogens with zero attached hydrogens (tertiary/aromatic N) is 1. The molecular weight excluding hydrogens is 208 g/mol. The lowest BCUT2D eigenvalue weighted by Crippen LogP contribution is -2.35. The number of benzene rings is 1. The third-order valence-corrected chi connectivity index (χ3v) is 3.36. The van der Waals surface area contributed by atoms with Crippen LogP contribution in [0.2, 0.25) is 0 Å². The smallest absolute Gasteiger partial charge is 0.0472 e. The van der Waals surface area contributed by atoms with E-state index in [0.717, 1.165) is 19.0 Å². The van der Waals surface area contributed by atoms with Crippen molar-refractivity contribution < 1.29 is 0 Å². The van der Waals surface area contributed by atoms with E-state index >= 15 is 0 Å². The van der Waals surface area contributed by atoms with Gasteiger partial charge in [-0.15, -0.1) is 0 Å². The molecule has 17 heavy (non-hydrogen) atoms. The van der Waals surface area contributed by atoms with Gasteiger partial charge in [-0.3, -0.25) is 4.90 Å². The van der Waals surface area contributed by atoms with Crippen molar-refractivity contribution in [2.45, 2.75) is 26.3 Å². The van der Waals surface area contributed by atoms with E-state index in [1.807, 2.05) is 0 Å². The second kappa shape index (κ2) is 6.18. The Morgan fingerprint density at radius 1 is 1.29 bits per heavy atom. The van der Waals surface area contributed by atoms with E-state index in [4.69, 9.17) is 0 Å². The van der Waals surface area contributed by atoms with Gasteiger partial charge in [0.25, 0.3) is 0 Å². The first kappa shape index (κ1) is 12.6. The maximum atomic E-state index is 3.56. The molecule has 1 aromatic carbocycles. The van der Waals surface area contributed by atoms with Crippen LogP contribution in [0.5, 0.6) is 0 Å². The highest BCUT2D eigenvalue weighted by Crippen LogP contribution is 2.22. The van der Waals surface area contributed by atoms with E-state index in [9.17, 15) is 0 Å². The fourth-order valence-corrected chi connectivity index (χ4v) is 2.62. The number of hydrogen-bond donors (Lipinski definition) is 1. The van der Waals surface area contributed by atoms with Crippen LogP contribution in [0.15, 0.2) is 30.3 Å². The molecule has 0 radical (unpaired) electrons. The molecule has 1 unspecified atom stereocenters. The number of nitrogens with one attached hydrogen (secondary N) is 1. The van der Waals surface area contributed by atoms with Crippen LogP contribution in [0.25, 0.3) is 0 Å².